The van der Waals surface area contributed by atoms with Crippen LogP contribution < -0.4 is 4.74 Å². The van der Waals surface area contributed by atoms with Gasteiger partial charge in [-0.15, -0.1) is 0 Å². The van der Waals surface area contributed by atoms with Gasteiger partial charge in [0, 0.05) is 19.8 Å². The van der Waals surface area contributed by atoms with E-state index in [1.165, 1.54) is 62.6 Å². The second kappa shape index (κ2) is 7.98. The van der Waals surface area contributed by atoms with Gasteiger partial charge >= 0.3 is 0 Å². The van der Waals surface area contributed by atoms with E-state index in [4.69, 9.17) is 4.74 Å². The first-order valence-electron chi connectivity index (χ1n) is 12.7. The van der Waals surface area contributed by atoms with Crippen LogP contribution in [0.2, 0.25) is 0 Å². The third-order valence-electron chi connectivity index (χ3n) is 9.40. The Hall–Kier alpha value is -1.77. The van der Waals surface area contributed by atoms with Crippen LogP contribution in [0, 0.1) is 28.6 Å². The van der Waals surface area contributed by atoms with Crippen molar-refractivity contribution >= 4 is 5.57 Å². The standard InChI is InChI=1S/C28H40N2O/c1-5-15-31-22-16-20(17-29-18-22)24-9-10-25-23-8-7-21-19-30(4)14-6-12-27(21,2)26(23)11-13-28(24,25)3/h9,16-19,23,25-26H,5-8,10-15H2,1-4H3/t23?,25?,26?,27-,28+/m0/s1. The fraction of sp³-hybridized carbons (Fsp3) is 0.679. The average molecular weight is 421 g/mol. The first-order chi connectivity index (χ1) is 15.0. The zero-order valence-electron chi connectivity index (χ0n) is 20.0. The van der Waals surface area contributed by atoms with Gasteiger partial charge in [-0.05, 0) is 109 Å². The topological polar surface area (TPSA) is 25.4 Å². The van der Waals surface area contributed by atoms with E-state index in [0.717, 1.165) is 36.5 Å². The zero-order chi connectivity index (χ0) is 21.6. The highest BCUT2D eigenvalue weighted by Crippen LogP contribution is 2.66. The molecule has 0 saturated heterocycles. The summed E-state index contributed by atoms with van der Waals surface area (Å²) in [4.78, 5) is 6.98. The quantitative estimate of drug-likeness (QED) is 0.541. The average Bonchev–Trinajstić information content (AvgIpc) is 3.03. The summed E-state index contributed by atoms with van der Waals surface area (Å²) in [6.45, 7) is 9.29. The number of aromatic nitrogens is 1. The number of pyridine rings is 1. The molecule has 0 N–H and O–H groups in total. The Balaban J connectivity index is 1.41. The third-order valence-corrected chi connectivity index (χ3v) is 9.40. The summed E-state index contributed by atoms with van der Waals surface area (Å²) in [6, 6.07) is 2.23. The van der Waals surface area contributed by atoms with Crippen molar-refractivity contribution in [2.45, 2.75) is 72.1 Å². The molecule has 3 aliphatic carbocycles. The third kappa shape index (κ3) is 3.43. The Morgan fingerprint density at radius 3 is 2.84 bits per heavy atom. The lowest BCUT2D eigenvalue weighted by Crippen LogP contribution is -2.48. The van der Waals surface area contributed by atoms with E-state index in [-0.39, 0.29) is 5.41 Å². The van der Waals surface area contributed by atoms with Crippen LogP contribution in [0.25, 0.3) is 5.57 Å². The van der Waals surface area contributed by atoms with Gasteiger partial charge in [0.1, 0.15) is 5.75 Å². The molecule has 1 aliphatic heterocycles. The second-order valence-electron chi connectivity index (χ2n) is 11.1. The van der Waals surface area contributed by atoms with E-state index in [2.05, 4.69) is 62.2 Å². The van der Waals surface area contributed by atoms with Crippen LogP contribution in [0.1, 0.15) is 77.7 Å². The molecule has 0 radical (unpaired) electrons. The summed E-state index contributed by atoms with van der Waals surface area (Å²) < 4.78 is 5.90. The summed E-state index contributed by atoms with van der Waals surface area (Å²) in [7, 11) is 2.27. The molecule has 2 saturated carbocycles. The van der Waals surface area contributed by atoms with Crippen molar-refractivity contribution in [1.29, 1.82) is 0 Å². The van der Waals surface area contributed by atoms with Gasteiger partial charge in [0.2, 0.25) is 0 Å². The van der Waals surface area contributed by atoms with E-state index in [9.17, 15) is 0 Å². The number of fused-ring (bicyclic) bond motifs is 5. The van der Waals surface area contributed by atoms with Gasteiger partial charge in [0.25, 0.3) is 0 Å². The molecular weight excluding hydrogens is 380 g/mol. The van der Waals surface area contributed by atoms with E-state index >= 15 is 0 Å². The smallest absolute Gasteiger partial charge is 0.138 e. The van der Waals surface area contributed by atoms with Crippen molar-refractivity contribution in [3.05, 3.63) is 41.9 Å². The Morgan fingerprint density at radius 2 is 2.00 bits per heavy atom. The highest BCUT2D eigenvalue weighted by atomic mass is 16.5. The molecule has 1 aromatic heterocycles. The van der Waals surface area contributed by atoms with E-state index in [1.807, 2.05) is 6.20 Å². The predicted octanol–water partition coefficient (Wildman–Crippen LogP) is 6.72. The zero-order valence-corrected chi connectivity index (χ0v) is 20.0. The van der Waals surface area contributed by atoms with Gasteiger partial charge in [0.15, 0.2) is 0 Å². The first kappa shape index (κ1) is 21.1. The van der Waals surface area contributed by atoms with Gasteiger partial charge in [-0.2, -0.15) is 0 Å². The normalized spacial score (nSPS) is 37.2. The molecule has 0 amide bonds. The molecule has 2 heterocycles. The largest absolute Gasteiger partial charge is 0.492 e. The minimum atomic E-state index is 0.283. The maximum atomic E-state index is 5.90. The molecule has 1 aromatic rings. The molecule has 0 aromatic carbocycles. The van der Waals surface area contributed by atoms with E-state index in [0.29, 0.717) is 5.41 Å². The van der Waals surface area contributed by atoms with E-state index < -0.39 is 0 Å². The summed E-state index contributed by atoms with van der Waals surface area (Å²) in [5, 5.41) is 0. The Morgan fingerprint density at radius 1 is 1.13 bits per heavy atom. The fourth-order valence-electron chi connectivity index (χ4n) is 7.79. The number of rotatable bonds is 4. The van der Waals surface area contributed by atoms with Crippen molar-refractivity contribution in [2.24, 2.45) is 28.6 Å². The van der Waals surface area contributed by atoms with Crippen LogP contribution in [0.5, 0.6) is 5.75 Å². The molecule has 31 heavy (non-hydrogen) atoms. The Labute approximate surface area is 189 Å². The Kier molecular flexibility index (Phi) is 5.43. The maximum Gasteiger partial charge on any atom is 0.138 e. The van der Waals surface area contributed by atoms with Crippen LogP contribution >= 0.6 is 0 Å². The van der Waals surface area contributed by atoms with Crippen LogP contribution in [0.15, 0.2) is 36.3 Å². The highest BCUT2D eigenvalue weighted by Gasteiger charge is 2.56. The minimum Gasteiger partial charge on any atom is -0.492 e. The minimum absolute atomic E-state index is 0.283. The van der Waals surface area contributed by atoms with Crippen LogP contribution in [-0.4, -0.2) is 30.1 Å². The lowest BCUT2D eigenvalue weighted by atomic mass is 9.47. The SMILES string of the molecule is CCCOc1cncc(C2=CCC3C4CCC5=CN(C)CCC[C@]5(C)C4CC[C@]23C)c1. The first-order valence-corrected chi connectivity index (χ1v) is 12.7. The lowest BCUT2D eigenvalue weighted by Gasteiger charge is -2.57. The Bertz CT molecular complexity index is 889. The summed E-state index contributed by atoms with van der Waals surface area (Å²) in [5.74, 6) is 3.40. The van der Waals surface area contributed by atoms with Gasteiger partial charge in [-0.25, -0.2) is 0 Å². The van der Waals surface area contributed by atoms with Crippen molar-refractivity contribution in [3.63, 3.8) is 0 Å². The van der Waals surface area contributed by atoms with Gasteiger partial charge in [-0.3, -0.25) is 4.98 Å². The molecule has 0 bridgehead atoms. The van der Waals surface area contributed by atoms with Crippen LogP contribution in [0.3, 0.4) is 0 Å². The maximum absolute atomic E-state index is 5.90. The molecule has 4 aliphatic rings. The molecular formula is C28H40N2O. The number of nitrogens with zero attached hydrogens (tertiary/aromatic N) is 2. The van der Waals surface area contributed by atoms with Crippen LogP contribution in [-0.2, 0) is 0 Å². The van der Waals surface area contributed by atoms with Crippen LogP contribution in [0.4, 0.5) is 0 Å². The number of hydrogen-bond acceptors (Lipinski definition) is 3. The molecule has 3 nitrogen and oxygen atoms in total. The van der Waals surface area contributed by atoms with E-state index in [1.54, 1.807) is 5.57 Å². The number of ether oxygens (including phenoxy) is 1. The molecule has 3 heteroatoms. The fourth-order valence-corrected chi connectivity index (χ4v) is 7.79. The lowest BCUT2D eigenvalue weighted by molar-refractivity contribution is -0.0186. The highest BCUT2D eigenvalue weighted by molar-refractivity contribution is 5.73. The van der Waals surface area contributed by atoms with Crippen molar-refractivity contribution < 1.29 is 4.74 Å². The number of hydrogen-bond donors (Lipinski definition) is 0. The van der Waals surface area contributed by atoms with Crippen molar-refractivity contribution in [1.82, 2.24) is 9.88 Å². The summed E-state index contributed by atoms with van der Waals surface area (Å²) in [6.07, 6.45) is 19.3. The van der Waals surface area contributed by atoms with Crippen molar-refractivity contribution in [3.8, 4) is 5.75 Å². The van der Waals surface area contributed by atoms with Gasteiger partial charge in [-0.1, -0.05) is 26.8 Å². The summed E-state index contributed by atoms with van der Waals surface area (Å²) in [5.41, 5.74) is 5.26. The number of allylic oxidation sites excluding steroid dienone is 3. The predicted molar refractivity (Wildman–Crippen MR) is 128 cm³/mol. The van der Waals surface area contributed by atoms with Gasteiger partial charge < -0.3 is 9.64 Å². The molecule has 5 rings (SSSR count). The monoisotopic (exact) mass is 420 g/mol. The molecule has 2 fully saturated rings. The summed E-state index contributed by atoms with van der Waals surface area (Å²) >= 11 is 0. The molecule has 5 atom stereocenters. The van der Waals surface area contributed by atoms with Gasteiger partial charge in [0.05, 0.1) is 12.8 Å². The second-order valence-corrected chi connectivity index (χ2v) is 11.1. The van der Waals surface area contributed by atoms with Crippen molar-refractivity contribution in [2.75, 3.05) is 20.2 Å². The molecule has 3 unspecified atom stereocenters. The molecule has 168 valence electrons. The molecule has 0 spiro atoms.